The maximum absolute atomic E-state index is 13.8. The Hall–Kier alpha value is -3.59. The van der Waals surface area contributed by atoms with Gasteiger partial charge < -0.3 is 5.32 Å². The normalized spacial score (nSPS) is 28.4. The fourth-order valence-electron chi connectivity index (χ4n) is 5.45. The molecular formula is C23H22N4O5. The van der Waals surface area contributed by atoms with Crippen molar-refractivity contribution in [3.8, 4) is 0 Å². The summed E-state index contributed by atoms with van der Waals surface area (Å²) in [7, 11) is 0. The van der Waals surface area contributed by atoms with E-state index in [0.717, 1.165) is 4.90 Å². The van der Waals surface area contributed by atoms with E-state index in [1.807, 2.05) is 13.8 Å². The number of nitro benzene ring substituents is 1. The molecule has 3 amide bonds. The number of nitrogens with one attached hydrogen (secondary N) is 2. The minimum atomic E-state index is -1.37. The van der Waals surface area contributed by atoms with E-state index in [2.05, 4.69) is 10.6 Å². The highest BCUT2D eigenvalue weighted by atomic mass is 16.6. The highest BCUT2D eigenvalue weighted by Gasteiger charge is 2.71. The maximum Gasteiger partial charge on any atom is 0.274 e. The van der Waals surface area contributed by atoms with Crippen molar-refractivity contribution in [3.63, 3.8) is 0 Å². The molecule has 5 rings (SSSR count). The Labute approximate surface area is 183 Å². The third-order valence-corrected chi connectivity index (χ3v) is 6.92. The summed E-state index contributed by atoms with van der Waals surface area (Å²) >= 11 is 0. The average molecular weight is 434 g/mol. The van der Waals surface area contributed by atoms with Crippen molar-refractivity contribution in [2.24, 2.45) is 17.8 Å². The van der Waals surface area contributed by atoms with Gasteiger partial charge in [0.1, 0.15) is 5.54 Å². The van der Waals surface area contributed by atoms with Gasteiger partial charge in [-0.05, 0) is 25.0 Å². The van der Waals surface area contributed by atoms with E-state index in [0.29, 0.717) is 16.8 Å². The van der Waals surface area contributed by atoms with Crippen LogP contribution in [-0.4, -0.2) is 28.7 Å². The summed E-state index contributed by atoms with van der Waals surface area (Å²) in [5.41, 5.74) is 0.293. The minimum Gasteiger partial charge on any atom is -0.324 e. The van der Waals surface area contributed by atoms with Crippen LogP contribution < -0.4 is 15.5 Å². The summed E-state index contributed by atoms with van der Waals surface area (Å²) in [6.45, 7) is 5.46. The van der Waals surface area contributed by atoms with Crippen LogP contribution in [-0.2, 0) is 19.9 Å². The second-order valence-corrected chi connectivity index (χ2v) is 8.97. The molecular weight excluding hydrogens is 412 g/mol. The van der Waals surface area contributed by atoms with E-state index in [1.54, 1.807) is 31.2 Å². The van der Waals surface area contributed by atoms with Crippen molar-refractivity contribution in [1.82, 2.24) is 5.32 Å². The first-order valence-electron chi connectivity index (χ1n) is 10.5. The standard InChI is InChI=1S/C23H22N4O5/c1-11(2)19-17-18(23(25-19)14-6-4-5-7-15(14)24-22(23)30)21(29)26(20(17)28)13-9-8-12(3)16(10-13)27(31)32/h4-11,17-19,25H,1-3H3,(H,24,30)/t17-,18-,19+,23+/m0/s1. The molecule has 2 N–H and O–H groups in total. The maximum atomic E-state index is 13.8. The van der Waals surface area contributed by atoms with Crippen molar-refractivity contribution >= 4 is 34.8 Å². The van der Waals surface area contributed by atoms with Crippen LogP contribution in [0.1, 0.15) is 25.0 Å². The number of fused-ring (bicyclic) bond motifs is 4. The first kappa shape index (κ1) is 20.3. The van der Waals surface area contributed by atoms with Gasteiger partial charge in [-0.25, -0.2) is 4.90 Å². The molecule has 0 aromatic heterocycles. The number of nitro groups is 1. The third kappa shape index (κ3) is 2.45. The van der Waals surface area contributed by atoms with Gasteiger partial charge in [0, 0.05) is 28.9 Å². The molecule has 2 saturated heterocycles. The number of para-hydroxylation sites is 1. The third-order valence-electron chi connectivity index (χ3n) is 6.92. The number of carbonyl (C=O) groups excluding carboxylic acids is 3. The van der Waals surface area contributed by atoms with Gasteiger partial charge in [-0.3, -0.25) is 29.8 Å². The topological polar surface area (TPSA) is 122 Å². The number of rotatable bonds is 3. The van der Waals surface area contributed by atoms with Crippen molar-refractivity contribution in [2.45, 2.75) is 32.4 Å². The van der Waals surface area contributed by atoms with Crippen molar-refractivity contribution < 1.29 is 19.3 Å². The summed E-state index contributed by atoms with van der Waals surface area (Å²) in [4.78, 5) is 52.6. The smallest absolute Gasteiger partial charge is 0.274 e. The highest BCUT2D eigenvalue weighted by molar-refractivity contribution is 6.25. The molecule has 2 aromatic carbocycles. The summed E-state index contributed by atoms with van der Waals surface area (Å²) in [6.07, 6.45) is 0. The van der Waals surface area contributed by atoms with Gasteiger partial charge in [-0.2, -0.15) is 0 Å². The van der Waals surface area contributed by atoms with Crippen LogP contribution in [0.5, 0.6) is 0 Å². The molecule has 9 nitrogen and oxygen atoms in total. The fourth-order valence-corrected chi connectivity index (χ4v) is 5.45. The van der Waals surface area contributed by atoms with Crippen molar-refractivity contribution in [2.75, 3.05) is 10.2 Å². The molecule has 0 aliphatic carbocycles. The molecule has 2 fully saturated rings. The van der Waals surface area contributed by atoms with Crippen LogP contribution in [0.25, 0.3) is 0 Å². The van der Waals surface area contributed by atoms with Crippen molar-refractivity contribution in [1.29, 1.82) is 0 Å². The van der Waals surface area contributed by atoms with Crippen LogP contribution in [0.3, 0.4) is 0 Å². The van der Waals surface area contributed by atoms with Crippen LogP contribution in [0.4, 0.5) is 17.1 Å². The molecule has 9 heteroatoms. The van der Waals surface area contributed by atoms with E-state index in [-0.39, 0.29) is 23.2 Å². The zero-order valence-electron chi connectivity index (χ0n) is 17.8. The Balaban J connectivity index is 1.68. The van der Waals surface area contributed by atoms with Gasteiger partial charge >= 0.3 is 0 Å². The Bertz CT molecular complexity index is 1210. The number of aryl methyl sites for hydroxylation is 1. The molecule has 0 unspecified atom stereocenters. The van der Waals surface area contributed by atoms with E-state index >= 15 is 0 Å². The Morgan fingerprint density at radius 3 is 2.50 bits per heavy atom. The second kappa shape index (κ2) is 6.70. The average Bonchev–Trinajstić information content (AvgIpc) is 3.34. The predicted molar refractivity (Wildman–Crippen MR) is 116 cm³/mol. The van der Waals surface area contributed by atoms with Crippen LogP contribution in [0.2, 0.25) is 0 Å². The van der Waals surface area contributed by atoms with Crippen LogP contribution in [0.15, 0.2) is 42.5 Å². The number of carbonyl (C=O) groups is 3. The second-order valence-electron chi connectivity index (χ2n) is 8.97. The van der Waals surface area contributed by atoms with Gasteiger partial charge in [-0.1, -0.05) is 38.1 Å². The van der Waals surface area contributed by atoms with Gasteiger partial charge in [-0.15, -0.1) is 0 Å². The first-order valence-corrected chi connectivity index (χ1v) is 10.5. The van der Waals surface area contributed by atoms with E-state index in [9.17, 15) is 24.5 Å². The molecule has 164 valence electrons. The summed E-state index contributed by atoms with van der Waals surface area (Å²) < 4.78 is 0. The molecule has 0 radical (unpaired) electrons. The zero-order valence-corrected chi connectivity index (χ0v) is 17.8. The molecule has 32 heavy (non-hydrogen) atoms. The SMILES string of the molecule is Cc1ccc(N2C(=O)[C@@H]3[C@@H](C(C)C)N[C@@]4(C(=O)Nc5ccccc54)[C@@H]3C2=O)cc1[N+](=O)[O-]. The number of benzene rings is 2. The lowest BCUT2D eigenvalue weighted by Crippen LogP contribution is -2.54. The number of nitrogens with zero attached hydrogens (tertiary/aromatic N) is 2. The number of imide groups is 1. The Morgan fingerprint density at radius 2 is 1.81 bits per heavy atom. The molecule has 1 spiro atoms. The van der Waals surface area contributed by atoms with E-state index in [1.165, 1.54) is 18.2 Å². The van der Waals surface area contributed by atoms with E-state index < -0.39 is 40.2 Å². The number of hydrogen-bond acceptors (Lipinski definition) is 6. The molecule has 3 heterocycles. The van der Waals surface area contributed by atoms with Crippen LogP contribution in [0, 0.1) is 34.8 Å². The molecule has 3 aliphatic rings. The quantitative estimate of drug-likeness (QED) is 0.435. The lowest BCUT2D eigenvalue weighted by Gasteiger charge is -2.30. The minimum absolute atomic E-state index is 0.0357. The summed E-state index contributed by atoms with van der Waals surface area (Å²) in [5, 5.41) is 17.6. The molecule has 4 atom stereocenters. The molecule has 0 saturated carbocycles. The van der Waals surface area contributed by atoms with Gasteiger partial charge in [0.25, 0.3) is 5.69 Å². The largest absolute Gasteiger partial charge is 0.324 e. The number of hydrogen-bond donors (Lipinski definition) is 2. The van der Waals surface area contributed by atoms with Gasteiger partial charge in [0.15, 0.2) is 0 Å². The lowest BCUT2D eigenvalue weighted by atomic mass is 9.76. The molecule has 2 aromatic rings. The van der Waals surface area contributed by atoms with Gasteiger partial charge in [0.2, 0.25) is 17.7 Å². The van der Waals surface area contributed by atoms with E-state index in [4.69, 9.17) is 0 Å². The summed E-state index contributed by atoms with van der Waals surface area (Å²) in [6, 6.07) is 11.0. The summed E-state index contributed by atoms with van der Waals surface area (Å²) in [5.74, 6) is -3.09. The molecule has 3 aliphatic heterocycles. The predicted octanol–water partition coefficient (Wildman–Crippen LogP) is 2.48. The first-order chi connectivity index (χ1) is 15.2. The van der Waals surface area contributed by atoms with Crippen molar-refractivity contribution in [3.05, 3.63) is 63.7 Å². The lowest BCUT2D eigenvalue weighted by molar-refractivity contribution is -0.385. The zero-order chi connectivity index (χ0) is 22.9. The van der Waals surface area contributed by atoms with Gasteiger partial charge in [0.05, 0.1) is 22.4 Å². The number of anilines is 2. The Kier molecular flexibility index (Phi) is 4.26. The highest BCUT2D eigenvalue weighted by Crippen LogP contribution is 2.54. The number of amides is 3. The Morgan fingerprint density at radius 1 is 1.09 bits per heavy atom. The monoisotopic (exact) mass is 434 g/mol. The molecule has 0 bridgehead atoms. The van der Waals surface area contributed by atoms with Crippen LogP contribution >= 0.6 is 0 Å². The fraction of sp³-hybridized carbons (Fsp3) is 0.348.